The number of para-hydroxylation sites is 1. The Morgan fingerprint density at radius 3 is 2.71 bits per heavy atom. The molecule has 1 amide bonds. The van der Waals surface area contributed by atoms with E-state index in [1.165, 1.54) is 4.31 Å². The fraction of sp³-hybridized carbons (Fsp3) is 0.500. The Balaban J connectivity index is 2.14. The molecule has 1 heterocycles. The number of sulfonamides is 1. The number of hydrogen-bond acceptors (Lipinski definition) is 4. The Bertz CT molecular complexity index is 613. The van der Waals surface area contributed by atoms with Gasteiger partial charge in [-0.2, -0.15) is 4.31 Å². The summed E-state index contributed by atoms with van der Waals surface area (Å²) in [5.41, 5.74) is 1.45. The number of nitrogens with zero attached hydrogens (tertiary/aromatic N) is 1. The predicted molar refractivity (Wildman–Crippen MR) is 80.4 cm³/mol. The average Bonchev–Trinajstić information content (AvgIpc) is 2.56. The molecule has 6 nitrogen and oxygen atoms in total. The van der Waals surface area contributed by atoms with E-state index in [1.54, 1.807) is 12.1 Å². The highest BCUT2D eigenvalue weighted by molar-refractivity contribution is 7.89. The number of carbonyl (C=O) groups is 1. The van der Waals surface area contributed by atoms with Crippen LogP contribution in [0, 0.1) is 0 Å². The van der Waals surface area contributed by atoms with E-state index in [0.29, 0.717) is 5.69 Å². The minimum atomic E-state index is -3.53. The third-order valence-corrected chi connectivity index (χ3v) is 4.87. The quantitative estimate of drug-likeness (QED) is 0.886. The van der Waals surface area contributed by atoms with Crippen LogP contribution in [-0.4, -0.2) is 43.6 Å². The average molecular weight is 312 g/mol. The molecule has 1 aliphatic rings. The summed E-state index contributed by atoms with van der Waals surface area (Å²) in [4.78, 5) is 11.8. The van der Waals surface area contributed by atoms with Gasteiger partial charge in [-0.1, -0.05) is 18.2 Å². The summed E-state index contributed by atoms with van der Waals surface area (Å²) in [6.07, 6.45) is -0.0200. The second kappa shape index (κ2) is 6.55. The van der Waals surface area contributed by atoms with E-state index in [9.17, 15) is 13.2 Å². The van der Waals surface area contributed by atoms with Crippen molar-refractivity contribution in [1.82, 2.24) is 4.31 Å². The highest BCUT2D eigenvalue weighted by Crippen LogP contribution is 2.22. The van der Waals surface area contributed by atoms with Gasteiger partial charge in [-0.05, 0) is 25.5 Å². The van der Waals surface area contributed by atoms with Gasteiger partial charge in [-0.15, -0.1) is 0 Å². The van der Waals surface area contributed by atoms with Crippen LogP contribution >= 0.6 is 0 Å². The number of benzene rings is 1. The van der Waals surface area contributed by atoms with E-state index >= 15 is 0 Å². The van der Waals surface area contributed by atoms with Crippen molar-refractivity contribution in [2.24, 2.45) is 0 Å². The molecular formula is C14H20N2O4S. The minimum absolute atomic E-state index is 0.0200. The molecule has 0 fully saturated rings. The van der Waals surface area contributed by atoms with Gasteiger partial charge in [0.05, 0.1) is 25.0 Å². The SMILES string of the molecule is CC(C)OCCS(=O)(=O)N1CC(=O)Nc2ccccc2C1. The fourth-order valence-electron chi connectivity index (χ4n) is 2.09. The standard InChI is InChI=1S/C14H20N2O4S/c1-11(2)20-7-8-21(18,19)16-9-12-5-3-4-6-13(12)15-14(17)10-16/h3-6,11H,7-10H2,1-2H3,(H,15,17). The number of rotatable bonds is 5. The molecule has 0 spiro atoms. The maximum Gasteiger partial charge on any atom is 0.239 e. The molecule has 1 aliphatic heterocycles. The van der Waals surface area contributed by atoms with Gasteiger partial charge in [0.15, 0.2) is 0 Å². The van der Waals surface area contributed by atoms with E-state index in [0.717, 1.165) is 5.56 Å². The molecule has 1 aromatic rings. The van der Waals surface area contributed by atoms with Gasteiger partial charge >= 0.3 is 0 Å². The van der Waals surface area contributed by atoms with Gasteiger partial charge in [-0.3, -0.25) is 4.79 Å². The van der Waals surface area contributed by atoms with Crippen molar-refractivity contribution in [3.8, 4) is 0 Å². The van der Waals surface area contributed by atoms with Crippen molar-refractivity contribution in [2.45, 2.75) is 26.5 Å². The zero-order valence-electron chi connectivity index (χ0n) is 12.2. The van der Waals surface area contributed by atoms with Crippen LogP contribution in [0.1, 0.15) is 19.4 Å². The lowest BCUT2D eigenvalue weighted by Gasteiger charge is -2.19. The van der Waals surface area contributed by atoms with Crippen molar-refractivity contribution < 1.29 is 17.9 Å². The molecule has 2 rings (SSSR count). The Kier molecular flexibility index (Phi) is 4.97. The Hall–Kier alpha value is -1.44. The van der Waals surface area contributed by atoms with Crippen LogP contribution < -0.4 is 5.32 Å². The minimum Gasteiger partial charge on any atom is -0.378 e. The second-order valence-electron chi connectivity index (χ2n) is 5.21. The normalized spacial score (nSPS) is 16.4. The molecule has 0 aromatic heterocycles. The van der Waals surface area contributed by atoms with Gasteiger partial charge in [0.1, 0.15) is 0 Å². The van der Waals surface area contributed by atoms with Crippen LogP contribution in [0.3, 0.4) is 0 Å². The van der Waals surface area contributed by atoms with Crippen molar-refractivity contribution >= 4 is 21.6 Å². The first kappa shape index (κ1) is 15.9. The summed E-state index contributed by atoms with van der Waals surface area (Å²) in [6.45, 7) is 3.85. The maximum absolute atomic E-state index is 12.3. The predicted octanol–water partition coefficient (Wildman–Crippen LogP) is 1.20. The lowest BCUT2D eigenvalue weighted by molar-refractivity contribution is -0.116. The lowest BCUT2D eigenvalue weighted by atomic mass is 10.2. The van der Waals surface area contributed by atoms with E-state index in [4.69, 9.17) is 4.74 Å². The van der Waals surface area contributed by atoms with Crippen molar-refractivity contribution in [1.29, 1.82) is 0 Å². The molecule has 7 heteroatoms. The van der Waals surface area contributed by atoms with E-state index in [2.05, 4.69) is 5.32 Å². The van der Waals surface area contributed by atoms with Crippen LogP contribution in [0.15, 0.2) is 24.3 Å². The molecule has 1 aromatic carbocycles. The van der Waals surface area contributed by atoms with Crippen LogP contribution in [0.2, 0.25) is 0 Å². The Morgan fingerprint density at radius 2 is 2.00 bits per heavy atom. The number of carbonyl (C=O) groups excluding carboxylic acids is 1. The summed E-state index contributed by atoms with van der Waals surface area (Å²) in [5.74, 6) is -0.450. The van der Waals surface area contributed by atoms with Crippen molar-refractivity contribution in [3.63, 3.8) is 0 Å². The molecule has 1 N–H and O–H groups in total. The van der Waals surface area contributed by atoms with Gasteiger partial charge in [0.2, 0.25) is 15.9 Å². The molecule has 0 unspecified atom stereocenters. The van der Waals surface area contributed by atoms with E-state index < -0.39 is 10.0 Å². The zero-order valence-corrected chi connectivity index (χ0v) is 13.0. The first-order chi connectivity index (χ1) is 9.88. The van der Waals surface area contributed by atoms with Crippen LogP contribution in [0.4, 0.5) is 5.69 Å². The van der Waals surface area contributed by atoms with E-state index in [-0.39, 0.29) is 37.5 Å². The first-order valence-corrected chi connectivity index (χ1v) is 8.46. The Labute approximate surface area is 125 Å². The van der Waals surface area contributed by atoms with Crippen LogP contribution in [0.25, 0.3) is 0 Å². The van der Waals surface area contributed by atoms with Crippen LogP contribution in [0.5, 0.6) is 0 Å². The summed E-state index contributed by atoms with van der Waals surface area (Å²) < 4.78 is 31.2. The third kappa shape index (κ3) is 4.26. The summed E-state index contributed by atoms with van der Waals surface area (Å²) in [5, 5.41) is 2.72. The van der Waals surface area contributed by atoms with Gasteiger partial charge in [0, 0.05) is 12.2 Å². The molecule has 0 saturated heterocycles. The number of amides is 1. The van der Waals surface area contributed by atoms with Crippen LogP contribution in [-0.2, 0) is 26.1 Å². The smallest absolute Gasteiger partial charge is 0.239 e. The molecule has 0 atom stereocenters. The Morgan fingerprint density at radius 1 is 1.29 bits per heavy atom. The van der Waals surface area contributed by atoms with Gasteiger partial charge < -0.3 is 10.1 Å². The molecule has 116 valence electrons. The number of ether oxygens (including phenoxy) is 1. The highest BCUT2D eigenvalue weighted by Gasteiger charge is 2.28. The molecule has 0 bridgehead atoms. The topological polar surface area (TPSA) is 75.7 Å². The monoisotopic (exact) mass is 312 g/mol. The number of hydrogen-bond donors (Lipinski definition) is 1. The number of anilines is 1. The molecule has 0 radical (unpaired) electrons. The first-order valence-electron chi connectivity index (χ1n) is 6.85. The molecule has 21 heavy (non-hydrogen) atoms. The molecule has 0 saturated carbocycles. The second-order valence-corrected chi connectivity index (χ2v) is 7.30. The maximum atomic E-state index is 12.3. The van der Waals surface area contributed by atoms with Gasteiger partial charge in [0.25, 0.3) is 0 Å². The zero-order chi connectivity index (χ0) is 15.5. The van der Waals surface area contributed by atoms with Gasteiger partial charge in [-0.25, -0.2) is 8.42 Å². The fourth-order valence-corrected chi connectivity index (χ4v) is 3.31. The molecule has 0 aliphatic carbocycles. The third-order valence-electron chi connectivity index (χ3n) is 3.14. The summed E-state index contributed by atoms with van der Waals surface area (Å²) in [6, 6.07) is 7.21. The lowest BCUT2D eigenvalue weighted by Crippen LogP contribution is -2.37. The number of nitrogens with one attached hydrogen (secondary N) is 1. The summed E-state index contributed by atoms with van der Waals surface area (Å²) in [7, 11) is -3.53. The van der Waals surface area contributed by atoms with Crippen molar-refractivity contribution in [3.05, 3.63) is 29.8 Å². The molecular weight excluding hydrogens is 292 g/mol. The number of fused-ring (bicyclic) bond motifs is 1. The van der Waals surface area contributed by atoms with E-state index in [1.807, 2.05) is 26.0 Å². The summed E-state index contributed by atoms with van der Waals surface area (Å²) >= 11 is 0. The largest absolute Gasteiger partial charge is 0.378 e. The highest BCUT2D eigenvalue weighted by atomic mass is 32.2. The van der Waals surface area contributed by atoms with Crippen molar-refractivity contribution in [2.75, 3.05) is 24.2 Å².